The molecule has 0 aliphatic carbocycles. The van der Waals surface area contributed by atoms with Crippen LogP contribution >= 0.6 is 34.7 Å². The molecule has 0 spiro atoms. The maximum Gasteiger partial charge on any atom is 0.210 e. The molecular formula is C18H13ClN4OS2. The van der Waals surface area contributed by atoms with E-state index in [9.17, 15) is 0 Å². The normalized spacial score (nSPS) is 10.8. The number of halogens is 1. The van der Waals surface area contributed by atoms with Gasteiger partial charge in [-0.2, -0.15) is 0 Å². The Morgan fingerprint density at radius 2 is 1.92 bits per heavy atom. The Bertz CT molecular complexity index is 1050. The molecule has 4 aromatic rings. The van der Waals surface area contributed by atoms with Crippen LogP contribution in [0.2, 0.25) is 5.02 Å². The average molecular weight is 401 g/mol. The van der Waals surface area contributed by atoms with Crippen molar-refractivity contribution in [3.63, 3.8) is 0 Å². The number of hydrogen-bond acceptors (Lipinski definition) is 7. The molecule has 2 aromatic heterocycles. The van der Waals surface area contributed by atoms with Crippen molar-refractivity contribution in [3.05, 3.63) is 59.8 Å². The number of nitrogens with one attached hydrogen (secondary N) is 1. The van der Waals surface area contributed by atoms with E-state index in [-0.39, 0.29) is 0 Å². The molecule has 4 rings (SSSR count). The van der Waals surface area contributed by atoms with E-state index in [1.54, 1.807) is 25.1 Å². The number of fused-ring (bicyclic) bond motifs is 1. The number of methoxy groups -OCH3 is 1. The van der Waals surface area contributed by atoms with Crippen LogP contribution in [0, 0.1) is 0 Å². The van der Waals surface area contributed by atoms with Crippen molar-refractivity contribution in [2.45, 2.75) is 9.24 Å². The van der Waals surface area contributed by atoms with Gasteiger partial charge in [0, 0.05) is 27.2 Å². The van der Waals surface area contributed by atoms with Crippen molar-refractivity contribution in [2.24, 2.45) is 0 Å². The minimum Gasteiger partial charge on any atom is -0.497 e. The fraction of sp³-hybridized carbons (Fsp3) is 0.0556. The van der Waals surface area contributed by atoms with E-state index in [1.807, 2.05) is 48.5 Å². The molecule has 2 heterocycles. The van der Waals surface area contributed by atoms with E-state index in [0.717, 1.165) is 36.7 Å². The van der Waals surface area contributed by atoms with Gasteiger partial charge in [0.1, 0.15) is 5.75 Å². The fourth-order valence-electron chi connectivity index (χ4n) is 2.38. The van der Waals surface area contributed by atoms with E-state index in [0.29, 0.717) is 5.02 Å². The van der Waals surface area contributed by atoms with Crippen LogP contribution in [0.3, 0.4) is 0 Å². The molecule has 5 nitrogen and oxygen atoms in total. The second-order valence-corrected chi connectivity index (χ2v) is 8.00. The largest absolute Gasteiger partial charge is 0.497 e. The first-order chi connectivity index (χ1) is 12.7. The van der Waals surface area contributed by atoms with Crippen LogP contribution in [0.15, 0.2) is 64.0 Å². The van der Waals surface area contributed by atoms with Gasteiger partial charge >= 0.3 is 0 Å². The lowest BCUT2D eigenvalue weighted by Crippen LogP contribution is -1.89. The Hall–Kier alpha value is -2.35. The zero-order valence-corrected chi connectivity index (χ0v) is 16.0. The highest BCUT2D eigenvalue weighted by Gasteiger charge is 2.10. The third-order valence-corrected chi connectivity index (χ3v) is 5.81. The molecule has 2 aromatic carbocycles. The topological polar surface area (TPSA) is 59.9 Å². The standard InChI is InChI=1S/C18H13ClN4OS2/c1-24-13-5-3-12(4-6-13)21-17-22-23-18(26-17)25-16-8-9-20-15-10-11(19)2-7-14(15)16/h2-10H,1H3,(H,21,22). The van der Waals surface area contributed by atoms with Crippen LogP contribution in [0.4, 0.5) is 10.8 Å². The molecule has 0 atom stereocenters. The quantitative estimate of drug-likeness (QED) is 0.467. The van der Waals surface area contributed by atoms with Crippen LogP contribution in [0.25, 0.3) is 10.9 Å². The maximum atomic E-state index is 6.05. The highest BCUT2D eigenvalue weighted by atomic mass is 35.5. The second-order valence-electron chi connectivity index (χ2n) is 5.30. The first kappa shape index (κ1) is 17.1. The van der Waals surface area contributed by atoms with Crippen molar-refractivity contribution in [1.82, 2.24) is 15.2 Å². The SMILES string of the molecule is COc1ccc(Nc2nnc(Sc3ccnc4cc(Cl)ccc34)s2)cc1. The number of ether oxygens (including phenoxy) is 1. The minimum absolute atomic E-state index is 0.675. The van der Waals surface area contributed by atoms with Crippen molar-refractivity contribution in [3.8, 4) is 5.75 Å². The lowest BCUT2D eigenvalue weighted by Gasteiger charge is -2.04. The van der Waals surface area contributed by atoms with Crippen LogP contribution < -0.4 is 10.1 Å². The summed E-state index contributed by atoms with van der Waals surface area (Å²) < 4.78 is 6.01. The van der Waals surface area contributed by atoms with Crippen molar-refractivity contribution in [1.29, 1.82) is 0 Å². The lowest BCUT2D eigenvalue weighted by atomic mass is 10.2. The van der Waals surface area contributed by atoms with Crippen LogP contribution in [-0.4, -0.2) is 22.3 Å². The third-order valence-electron chi connectivity index (χ3n) is 3.61. The molecule has 1 N–H and O–H groups in total. The highest BCUT2D eigenvalue weighted by molar-refractivity contribution is 8.01. The fourth-order valence-corrected chi connectivity index (χ4v) is 4.40. The predicted octanol–water partition coefficient (Wildman–Crippen LogP) is 5.64. The molecular weight excluding hydrogens is 388 g/mol. The van der Waals surface area contributed by atoms with Gasteiger partial charge in [-0.25, -0.2) is 0 Å². The van der Waals surface area contributed by atoms with Crippen molar-refractivity contribution in [2.75, 3.05) is 12.4 Å². The maximum absolute atomic E-state index is 6.05. The summed E-state index contributed by atoms with van der Waals surface area (Å²) in [6.45, 7) is 0. The zero-order valence-electron chi connectivity index (χ0n) is 13.6. The molecule has 0 saturated heterocycles. The molecule has 0 aliphatic heterocycles. The molecule has 0 amide bonds. The number of nitrogens with zero attached hydrogens (tertiary/aromatic N) is 3. The van der Waals surface area contributed by atoms with E-state index in [2.05, 4.69) is 20.5 Å². The number of hydrogen-bond donors (Lipinski definition) is 1. The predicted molar refractivity (Wildman–Crippen MR) is 107 cm³/mol. The number of pyridine rings is 1. The Morgan fingerprint density at radius 1 is 1.08 bits per heavy atom. The summed E-state index contributed by atoms with van der Waals surface area (Å²) >= 11 is 9.11. The van der Waals surface area contributed by atoms with Crippen LogP contribution in [-0.2, 0) is 0 Å². The Kier molecular flexibility index (Phi) is 4.92. The Balaban J connectivity index is 1.53. The van der Waals surface area contributed by atoms with Gasteiger partial charge in [0.25, 0.3) is 0 Å². The van der Waals surface area contributed by atoms with Gasteiger partial charge in [-0.15, -0.1) is 10.2 Å². The van der Waals surface area contributed by atoms with Gasteiger partial charge < -0.3 is 10.1 Å². The summed E-state index contributed by atoms with van der Waals surface area (Å²) in [5.41, 5.74) is 1.80. The molecule has 26 heavy (non-hydrogen) atoms. The number of rotatable bonds is 5. The Morgan fingerprint density at radius 3 is 2.73 bits per heavy atom. The van der Waals surface area contributed by atoms with Gasteiger partial charge in [0.15, 0.2) is 4.34 Å². The average Bonchev–Trinajstić information content (AvgIpc) is 3.09. The summed E-state index contributed by atoms with van der Waals surface area (Å²) in [5.74, 6) is 0.814. The molecule has 0 fully saturated rings. The molecule has 0 saturated carbocycles. The molecule has 8 heteroatoms. The van der Waals surface area contributed by atoms with Gasteiger partial charge in [-0.3, -0.25) is 4.98 Å². The van der Waals surface area contributed by atoms with Crippen molar-refractivity contribution >= 4 is 56.4 Å². The minimum atomic E-state index is 0.675. The van der Waals surface area contributed by atoms with E-state index in [1.165, 1.54) is 11.3 Å². The first-order valence-corrected chi connectivity index (χ1v) is 9.69. The summed E-state index contributed by atoms with van der Waals surface area (Å²) in [6, 6.07) is 15.3. The zero-order chi connectivity index (χ0) is 17.9. The molecule has 0 radical (unpaired) electrons. The second kappa shape index (κ2) is 7.49. The summed E-state index contributed by atoms with van der Waals surface area (Å²) in [4.78, 5) is 5.43. The highest BCUT2D eigenvalue weighted by Crippen LogP contribution is 2.36. The lowest BCUT2D eigenvalue weighted by molar-refractivity contribution is 0.415. The number of anilines is 2. The molecule has 0 aliphatic rings. The number of benzene rings is 2. The van der Waals surface area contributed by atoms with E-state index < -0.39 is 0 Å². The van der Waals surface area contributed by atoms with Crippen LogP contribution in [0.5, 0.6) is 5.75 Å². The Labute approximate surface area is 163 Å². The smallest absolute Gasteiger partial charge is 0.210 e. The summed E-state index contributed by atoms with van der Waals surface area (Å²) in [5, 5.41) is 14.2. The monoisotopic (exact) mass is 400 g/mol. The summed E-state index contributed by atoms with van der Waals surface area (Å²) in [6.07, 6.45) is 1.78. The summed E-state index contributed by atoms with van der Waals surface area (Å²) in [7, 11) is 1.65. The number of aromatic nitrogens is 3. The van der Waals surface area contributed by atoms with Gasteiger partial charge in [0.2, 0.25) is 5.13 Å². The van der Waals surface area contributed by atoms with E-state index in [4.69, 9.17) is 16.3 Å². The third kappa shape index (κ3) is 3.75. The molecule has 0 bridgehead atoms. The van der Waals surface area contributed by atoms with Gasteiger partial charge in [-0.05, 0) is 42.5 Å². The van der Waals surface area contributed by atoms with E-state index >= 15 is 0 Å². The van der Waals surface area contributed by atoms with Gasteiger partial charge in [-0.1, -0.05) is 40.8 Å². The van der Waals surface area contributed by atoms with Crippen molar-refractivity contribution < 1.29 is 4.74 Å². The van der Waals surface area contributed by atoms with Gasteiger partial charge in [0.05, 0.1) is 12.6 Å². The molecule has 0 unspecified atom stereocenters. The molecule has 130 valence electrons. The first-order valence-electron chi connectivity index (χ1n) is 7.68. The van der Waals surface area contributed by atoms with Crippen LogP contribution in [0.1, 0.15) is 0 Å².